The fourth-order valence-electron chi connectivity index (χ4n) is 3.98. The van der Waals surface area contributed by atoms with E-state index in [0.717, 1.165) is 36.4 Å². The lowest BCUT2D eigenvalue weighted by molar-refractivity contribution is -0.119. The van der Waals surface area contributed by atoms with E-state index in [-0.39, 0.29) is 17.9 Å². The third kappa shape index (κ3) is 4.81. The molecule has 4 atom stereocenters. The van der Waals surface area contributed by atoms with Crippen LogP contribution in [0.4, 0.5) is 5.69 Å². The first-order chi connectivity index (χ1) is 11.6. The van der Waals surface area contributed by atoms with Crippen LogP contribution in [0.15, 0.2) is 24.3 Å². The molecule has 132 valence electrons. The number of benzene rings is 1. The predicted octanol–water partition coefficient (Wildman–Crippen LogP) is 3.85. The molecule has 1 aromatic rings. The van der Waals surface area contributed by atoms with E-state index in [4.69, 9.17) is 10.5 Å². The Balaban J connectivity index is 1.51. The smallest absolute Gasteiger partial charge is 0.227 e. The minimum Gasteiger partial charge on any atom is -0.374 e. The summed E-state index contributed by atoms with van der Waals surface area (Å²) in [7, 11) is 0. The number of nitrogens with two attached hydrogens (primary N) is 1. The summed E-state index contributed by atoms with van der Waals surface area (Å²) in [6.45, 7) is 2.93. The first-order valence-corrected chi connectivity index (χ1v) is 9.37. The van der Waals surface area contributed by atoms with E-state index in [1.54, 1.807) is 0 Å². The molecule has 0 heterocycles. The molecule has 4 nitrogen and oxygen atoms in total. The molecule has 24 heavy (non-hydrogen) atoms. The number of ether oxygens (including phenoxy) is 1. The maximum absolute atomic E-state index is 12.3. The highest BCUT2D eigenvalue weighted by Crippen LogP contribution is 2.27. The normalized spacial score (nSPS) is 30.2. The molecule has 0 aromatic heterocycles. The third-order valence-corrected chi connectivity index (χ3v) is 5.41. The van der Waals surface area contributed by atoms with Crippen LogP contribution in [-0.2, 0) is 16.1 Å². The van der Waals surface area contributed by atoms with E-state index in [1.165, 1.54) is 25.7 Å². The van der Waals surface area contributed by atoms with E-state index in [9.17, 15) is 4.79 Å². The van der Waals surface area contributed by atoms with Crippen molar-refractivity contribution in [3.8, 4) is 0 Å². The van der Waals surface area contributed by atoms with Crippen molar-refractivity contribution in [2.75, 3.05) is 5.32 Å². The number of carbonyl (C=O) groups is 1. The zero-order valence-electron chi connectivity index (χ0n) is 14.7. The molecular formula is C20H30N2O2. The second-order valence-corrected chi connectivity index (χ2v) is 7.66. The summed E-state index contributed by atoms with van der Waals surface area (Å²) in [4.78, 5) is 12.3. The number of hydrogen-bond acceptors (Lipinski definition) is 3. The zero-order chi connectivity index (χ0) is 16.9. The average molecular weight is 330 g/mol. The standard InChI is InChI=1S/C20H30N2O2/c1-14-4-2-7-19(10-14)24-13-15-5-3-6-18(11-15)22-20(23)16-8-9-17(21)12-16/h3,5-6,11,14,16-17,19H,2,4,7-10,12-13,21H2,1H3,(H,22,23). The van der Waals surface area contributed by atoms with Crippen molar-refractivity contribution in [1.29, 1.82) is 0 Å². The molecule has 3 rings (SSSR count). The number of amides is 1. The van der Waals surface area contributed by atoms with Crippen LogP contribution in [0, 0.1) is 11.8 Å². The van der Waals surface area contributed by atoms with Gasteiger partial charge in [-0.25, -0.2) is 0 Å². The van der Waals surface area contributed by atoms with Crippen molar-refractivity contribution < 1.29 is 9.53 Å². The van der Waals surface area contributed by atoms with Gasteiger partial charge in [0.2, 0.25) is 5.91 Å². The van der Waals surface area contributed by atoms with Crippen LogP contribution in [0.1, 0.15) is 57.4 Å². The fourth-order valence-corrected chi connectivity index (χ4v) is 3.98. The Kier molecular flexibility index (Phi) is 5.90. The van der Waals surface area contributed by atoms with Gasteiger partial charge in [-0.2, -0.15) is 0 Å². The van der Waals surface area contributed by atoms with Gasteiger partial charge in [0.15, 0.2) is 0 Å². The fraction of sp³-hybridized carbons (Fsp3) is 0.650. The number of nitrogens with one attached hydrogen (secondary N) is 1. The molecule has 4 heteroatoms. The molecule has 2 fully saturated rings. The number of hydrogen-bond donors (Lipinski definition) is 2. The Morgan fingerprint density at radius 3 is 2.88 bits per heavy atom. The largest absolute Gasteiger partial charge is 0.374 e. The summed E-state index contributed by atoms with van der Waals surface area (Å²) in [6.07, 6.45) is 7.96. The molecule has 2 saturated carbocycles. The molecule has 2 aliphatic rings. The Morgan fingerprint density at radius 2 is 2.12 bits per heavy atom. The van der Waals surface area contributed by atoms with E-state index in [1.807, 2.05) is 18.2 Å². The van der Waals surface area contributed by atoms with Crippen LogP contribution in [0.2, 0.25) is 0 Å². The monoisotopic (exact) mass is 330 g/mol. The maximum Gasteiger partial charge on any atom is 0.227 e. The maximum atomic E-state index is 12.3. The summed E-state index contributed by atoms with van der Waals surface area (Å²) in [5.41, 5.74) is 7.88. The van der Waals surface area contributed by atoms with Crippen LogP contribution >= 0.6 is 0 Å². The summed E-state index contributed by atoms with van der Waals surface area (Å²) < 4.78 is 6.08. The third-order valence-electron chi connectivity index (χ3n) is 5.41. The SMILES string of the molecule is CC1CCCC(OCc2cccc(NC(=O)C3CCC(N)C3)c2)C1. The predicted molar refractivity (Wildman–Crippen MR) is 96.6 cm³/mol. The van der Waals surface area contributed by atoms with Gasteiger partial charge in [0.1, 0.15) is 0 Å². The van der Waals surface area contributed by atoms with E-state index >= 15 is 0 Å². The Morgan fingerprint density at radius 1 is 1.25 bits per heavy atom. The molecule has 3 N–H and O–H groups in total. The van der Waals surface area contributed by atoms with Crippen molar-refractivity contribution in [2.24, 2.45) is 17.6 Å². The lowest BCUT2D eigenvalue weighted by atomic mass is 9.89. The van der Waals surface area contributed by atoms with Crippen LogP contribution in [0.5, 0.6) is 0 Å². The summed E-state index contributed by atoms with van der Waals surface area (Å²) in [5, 5.41) is 3.04. The van der Waals surface area contributed by atoms with E-state index in [2.05, 4.69) is 18.3 Å². The van der Waals surface area contributed by atoms with Crippen molar-refractivity contribution >= 4 is 11.6 Å². The quantitative estimate of drug-likeness (QED) is 0.862. The Labute approximate surface area is 145 Å². The van der Waals surface area contributed by atoms with Gasteiger partial charge in [0, 0.05) is 17.6 Å². The zero-order valence-corrected chi connectivity index (χ0v) is 14.7. The van der Waals surface area contributed by atoms with Crippen LogP contribution in [0.3, 0.4) is 0 Å². The highest BCUT2D eigenvalue weighted by atomic mass is 16.5. The van der Waals surface area contributed by atoms with Gasteiger partial charge < -0.3 is 15.8 Å². The summed E-state index contributed by atoms with van der Waals surface area (Å²) in [5.74, 6) is 0.929. The molecule has 0 radical (unpaired) electrons. The van der Waals surface area contributed by atoms with Gasteiger partial charge in [0.05, 0.1) is 12.7 Å². The Bertz CT molecular complexity index is 560. The lowest BCUT2D eigenvalue weighted by Gasteiger charge is -2.26. The first kappa shape index (κ1) is 17.4. The number of carbonyl (C=O) groups excluding carboxylic acids is 1. The first-order valence-electron chi connectivity index (χ1n) is 9.37. The average Bonchev–Trinajstić information content (AvgIpc) is 3.00. The highest BCUT2D eigenvalue weighted by Gasteiger charge is 2.27. The molecule has 4 unspecified atom stereocenters. The molecule has 0 aliphatic heterocycles. The second-order valence-electron chi connectivity index (χ2n) is 7.66. The minimum atomic E-state index is 0.0589. The van der Waals surface area contributed by atoms with Crippen molar-refractivity contribution in [3.05, 3.63) is 29.8 Å². The molecule has 0 saturated heterocycles. The van der Waals surface area contributed by atoms with Crippen LogP contribution < -0.4 is 11.1 Å². The Hall–Kier alpha value is -1.39. The van der Waals surface area contributed by atoms with Gasteiger partial charge >= 0.3 is 0 Å². The van der Waals surface area contributed by atoms with Gasteiger partial charge in [-0.05, 0) is 55.7 Å². The van der Waals surface area contributed by atoms with Crippen molar-refractivity contribution in [2.45, 2.75) is 70.6 Å². The van der Waals surface area contributed by atoms with Crippen LogP contribution in [-0.4, -0.2) is 18.1 Å². The molecule has 1 aromatic carbocycles. The highest BCUT2D eigenvalue weighted by molar-refractivity contribution is 5.92. The van der Waals surface area contributed by atoms with Crippen molar-refractivity contribution in [3.63, 3.8) is 0 Å². The van der Waals surface area contributed by atoms with E-state index < -0.39 is 0 Å². The summed E-state index contributed by atoms with van der Waals surface area (Å²) >= 11 is 0. The molecule has 0 bridgehead atoms. The van der Waals surface area contributed by atoms with Gasteiger partial charge in [-0.1, -0.05) is 31.9 Å². The topological polar surface area (TPSA) is 64.3 Å². The molecule has 0 spiro atoms. The van der Waals surface area contributed by atoms with Crippen molar-refractivity contribution in [1.82, 2.24) is 0 Å². The second kappa shape index (κ2) is 8.13. The number of anilines is 1. The van der Waals surface area contributed by atoms with Gasteiger partial charge in [0.25, 0.3) is 0 Å². The summed E-state index contributed by atoms with van der Waals surface area (Å²) in [6, 6.07) is 8.20. The van der Waals surface area contributed by atoms with Gasteiger partial charge in [-0.3, -0.25) is 4.79 Å². The van der Waals surface area contributed by atoms with Gasteiger partial charge in [-0.15, -0.1) is 0 Å². The number of rotatable bonds is 5. The van der Waals surface area contributed by atoms with Crippen LogP contribution in [0.25, 0.3) is 0 Å². The molecule has 1 amide bonds. The molecule has 2 aliphatic carbocycles. The van der Waals surface area contributed by atoms with E-state index in [0.29, 0.717) is 12.7 Å². The lowest BCUT2D eigenvalue weighted by Crippen LogP contribution is -2.23. The molecular weight excluding hydrogens is 300 g/mol. The minimum absolute atomic E-state index is 0.0589.